The third kappa shape index (κ3) is 4.89. The lowest BCUT2D eigenvalue weighted by molar-refractivity contribution is 0.0997. The number of sulfonamides is 1. The van der Waals surface area contributed by atoms with Gasteiger partial charge in [0.15, 0.2) is 4.80 Å². The van der Waals surface area contributed by atoms with E-state index < -0.39 is 15.9 Å². The van der Waals surface area contributed by atoms with Crippen molar-refractivity contribution in [2.24, 2.45) is 12.0 Å². The number of nitrogens with one attached hydrogen (secondary N) is 1. The summed E-state index contributed by atoms with van der Waals surface area (Å²) < 4.78 is 46.0. The fraction of sp³-hybridized carbons (Fsp3) is 0.200. The molecule has 0 aliphatic carbocycles. The molecule has 0 fully saturated rings. The number of ether oxygens (including phenoxy) is 3. The van der Waals surface area contributed by atoms with Crippen molar-refractivity contribution in [3.63, 3.8) is 0 Å². The van der Waals surface area contributed by atoms with Crippen LogP contribution in [0.25, 0.3) is 0 Å². The zero-order valence-electron chi connectivity index (χ0n) is 17.3. The SMILES string of the molecule is COc1ccc(NS(=O)(=O)c2cc(C(=O)N=c3sccn3C)ccc2OC)c(OC)c1. The number of aromatic nitrogens is 1. The van der Waals surface area contributed by atoms with Gasteiger partial charge in [0.05, 0.1) is 27.0 Å². The van der Waals surface area contributed by atoms with Crippen LogP contribution in [0, 0.1) is 0 Å². The summed E-state index contributed by atoms with van der Waals surface area (Å²) >= 11 is 1.29. The smallest absolute Gasteiger partial charge is 0.279 e. The zero-order chi connectivity index (χ0) is 22.6. The summed E-state index contributed by atoms with van der Waals surface area (Å²) in [6.45, 7) is 0. The number of hydrogen-bond acceptors (Lipinski definition) is 7. The molecule has 31 heavy (non-hydrogen) atoms. The summed E-state index contributed by atoms with van der Waals surface area (Å²) in [4.78, 5) is 16.9. The molecule has 3 rings (SSSR count). The van der Waals surface area contributed by atoms with Gasteiger partial charge in [-0.25, -0.2) is 8.42 Å². The lowest BCUT2D eigenvalue weighted by atomic mass is 10.2. The molecule has 0 radical (unpaired) electrons. The Morgan fingerprint density at radius 3 is 2.39 bits per heavy atom. The summed E-state index contributed by atoms with van der Waals surface area (Å²) in [5, 5.41) is 1.79. The fourth-order valence-electron chi connectivity index (χ4n) is 2.69. The molecule has 0 atom stereocenters. The van der Waals surface area contributed by atoms with Crippen LogP contribution in [0.15, 0.2) is 57.9 Å². The van der Waals surface area contributed by atoms with E-state index in [0.717, 1.165) is 0 Å². The predicted octanol–water partition coefficient (Wildman–Crippen LogP) is 2.65. The molecule has 0 bridgehead atoms. The molecule has 1 aromatic heterocycles. The highest BCUT2D eigenvalue weighted by Gasteiger charge is 2.23. The fourth-order valence-corrected chi connectivity index (χ4v) is 4.68. The number of methoxy groups -OCH3 is 3. The van der Waals surface area contributed by atoms with Crippen LogP contribution in [0.2, 0.25) is 0 Å². The van der Waals surface area contributed by atoms with Crippen LogP contribution >= 0.6 is 11.3 Å². The Balaban J connectivity index is 2.02. The molecule has 3 aromatic rings. The Hall–Kier alpha value is -3.31. The molecule has 2 aromatic carbocycles. The van der Waals surface area contributed by atoms with Crippen molar-refractivity contribution >= 4 is 33.0 Å². The van der Waals surface area contributed by atoms with Crippen molar-refractivity contribution in [3.8, 4) is 17.2 Å². The van der Waals surface area contributed by atoms with Crippen molar-refractivity contribution in [2.45, 2.75) is 4.90 Å². The quantitative estimate of drug-likeness (QED) is 0.577. The number of rotatable bonds is 7. The molecule has 1 N–H and O–H groups in total. The molecule has 9 nitrogen and oxygen atoms in total. The molecule has 1 amide bonds. The summed E-state index contributed by atoms with van der Waals surface area (Å²) in [6, 6.07) is 8.77. The second-order valence-electron chi connectivity index (χ2n) is 6.25. The van der Waals surface area contributed by atoms with E-state index in [2.05, 4.69) is 9.71 Å². The average molecular weight is 464 g/mol. The Labute approximate surface area is 183 Å². The maximum atomic E-state index is 13.1. The molecular weight excluding hydrogens is 442 g/mol. The Morgan fingerprint density at radius 2 is 1.77 bits per heavy atom. The number of benzene rings is 2. The van der Waals surface area contributed by atoms with E-state index in [1.54, 1.807) is 35.3 Å². The largest absolute Gasteiger partial charge is 0.497 e. The standard InChI is InChI=1S/C20H21N3O6S2/c1-23-9-10-30-20(23)21-19(24)13-5-8-16(28-3)18(11-13)31(25,26)22-15-7-6-14(27-2)12-17(15)29-4/h5-12,22H,1-4H3. The molecule has 0 saturated heterocycles. The topological polar surface area (TPSA) is 108 Å². The molecular formula is C20H21N3O6S2. The maximum absolute atomic E-state index is 13.1. The van der Waals surface area contributed by atoms with Crippen LogP contribution < -0.4 is 23.7 Å². The van der Waals surface area contributed by atoms with Crippen molar-refractivity contribution in [1.29, 1.82) is 0 Å². The molecule has 0 aliphatic rings. The summed E-state index contributed by atoms with van der Waals surface area (Å²) in [5.74, 6) is 0.292. The van der Waals surface area contributed by atoms with Crippen LogP contribution in [0.3, 0.4) is 0 Å². The summed E-state index contributed by atoms with van der Waals surface area (Å²) in [5.41, 5.74) is 0.314. The minimum Gasteiger partial charge on any atom is -0.497 e. The number of hydrogen-bond donors (Lipinski definition) is 1. The Morgan fingerprint density at radius 1 is 1.03 bits per heavy atom. The number of aryl methyl sites for hydroxylation is 1. The van der Waals surface area contributed by atoms with Gasteiger partial charge in [0.2, 0.25) is 0 Å². The normalized spacial score (nSPS) is 11.8. The number of nitrogens with zero attached hydrogens (tertiary/aromatic N) is 2. The molecule has 0 unspecified atom stereocenters. The van der Waals surface area contributed by atoms with Gasteiger partial charge in [-0.3, -0.25) is 9.52 Å². The molecule has 0 saturated carbocycles. The van der Waals surface area contributed by atoms with Gasteiger partial charge < -0.3 is 18.8 Å². The third-order valence-corrected chi connectivity index (χ3v) is 6.54. The van der Waals surface area contributed by atoms with Crippen LogP contribution in [0.4, 0.5) is 5.69 Å². The Bertz CT molecular complexity index is 1280. The van der Waals surface area contributed by atoms with Gasteiger partial charge in [-0.15, -0.1) is 11.3 Å². The van der Waals surface area contributed by atoms with Crippen LogP contribution in [-0.4, -0.2) is 40.2 Å². The number of carbonyl (C=O) groups is 1. The van der Waals surface area contributed by atoms with E-state index in [-0.39, 0.29) is 27.6 Å². The molecule has 164 valence electrons. The van der Waals surface area contributed by atoms with Crippen molar-refractivity contribution in [1.82, 2.24) is 4.57 Å². The monoisotopic (exact) mass is 463 g/mol. The van der Waals surface area contributed by atoms with Crippen LogP contribution in [-0.2, 0) is 17.1 Å². The van der Waals surface area contributed by atoms with Gasteiger partial charge >= 0.3 is 0 Å². The highest BCUT2D eigenvalue weighted by atomic mass is 32.2. The van der Waals surface area contributed by atoms with Gasteiger partial charge in [0, 0.05) is 30.3 Å². The minimum absolute atomic E-state index is 0.0817. The highest BCUT2D eigenvalue weighted by Crippen LogP contribution is 2.33. The van der Waals surface area contributed by atoms with E-state index in [1.165, 1.54) is 56.9 Å². The van der Waals surface area contributed by atoms with Crippen LogP contribution in [0.5, 0.6) is 17.2 Å². The molecule has 0 aliphatic heterocycles. The maximum Gasteiger partial charge on any atom is 0.279 e. The predicted molar refractivity (Wildman–Crippen MR) is 117 cm³/mol. The molecule has 11 heteroatoms. The van der Waals surface area contributed by atoms with E-state index in [4.69, 9.17) is 14.2 Å². The summed E-state index contributed by atoms with van der Waals surface area (Å²) in [7, 11) is 1.89. The molecule has 0 spiro atoms. The lowest BCUT2D eigenvalue weighted by Crippen LogP contribution is -2.16. The number of thiazole rings is 1. The number of amides is 1. The molecule has 1 heterocycles. The first-order valence-corrected chi connectivity index (χ1v) is 11.3. The third-order valence-electron chi connectivity index (χ3n) is 4.31. The minimum atomic E-state index is -4.13. The first-order valence-electron chi connectivity index (χ1n) is 8.91. The van der Waals surface area contributed by atoms with Gasteiger partial charge in [-0.1, -0.05) is 0 Å². The Kier molecular flexibility index (Phi) is 6.66. The van der Waals surface area contributed by atoms with Crippen LogP contribution in [0.1, 0.15) is 10.4 Å². The van der Waals surface area contributed by atoms with Crippen molar-refractivity contribution < 1.29 is 27.4 Å². The number of anilines is 1. The summed E-state index contributed by atoms with van der Waals surface area (Å²) in [6.07, 6.45) is 1.77. The van der Waals surface area contributed by atoms with Crippen molar-refractivity contribution in [2.75, 3.05) is 26.1 Å². The van der Waals surface area contributed by atoms with Gasteiger partial charge in [-0.05, 0) is 30.3 Å². The first kappa shape index (κ1) is 22.4. The lowest BCUT2D eigenvalue weighted by Gasteiger charge is -2.15. The average Bonchev–Trinajstić information content (AvgIpc) is 3.17. The van der Waals surface area contributed by atoms with E-state index >= 15 is 0 Å². The number of carbonyl (C=O) groups excluding carboxylic acids is 1. The zero-order valence-corrected chi connectivity index (χ0v) is 18.9. The van der Waals surface area contributed by atoms with Gasteiger partial charge in [0.25, 0.3) is 15.9 Å². The van der Waals surface area contributed by atoms with Gasteiger partial charge in [-0.2, -0.15) is 4.99 Å². The first-order chi connectivity index (χ1) is 14.8. The highest BCUT2D eigenvalue weighted by molar-refractivity contribution is 7.92. The van der Waals surface area contributed by atoms with Gasteiger partial charge in [0.1, 0.15) is 22.1 Å². The van der Waals surface area contributed by atoms with E-state index in [1.807, 2.05) is 0 Å². The van der Waals surface area contributed by atoms with Crippen molar-refractivity contribution in [3.05, 3.63) is 58.3 Å². The van der Waals surface area contributed by atoms with E-state index in [9.17, 15) is 13.2 Å². The second kappa shape index (κ2) is 9.23. The second-order valence-corrected chi connectivity index (χ2v) is 8.77. The van der Waals surface area contributed by atoms with E-state index in [0.29, 0.717) is 10.6 Å².